The van der Waals surface area contributed by atoms with Crippen molar-refractivity contribution in [2.75, 3.05) is 6.54 Å². The molecule has 0 fully saturated rings. The Hall–Kier alpha value is 0.0900. The summed E-state index contributed by atoms with van der Waals surface area (Å²) in [4.78, 5) is -0.146. The summed E-state index contributed by atoms with van der Waals surface area (Å²) in [5, 5.41) is 0. The standard InChI is InChI=1S/C18H31NO3S.Na/c19-16-10-8-6-4-2-1-3-5-7-9-11-17-12-14-18(15-13-17)23(20,21)22;/h12-15H,1-11,16,19H2,(H,20,21,22);/q;+1/p-1. The summed E-state index contributed by atoms with van der Waals surface area (Å²) in [5.41, 5.74) is 6.56. The van der Waals surface area contributed by atoms with Crippen molar-refractivity contribution in [1.29, 1.82) is 0 Å². The predicted molar refractivity (Wildman–Crippen MR) is 93.3 cm³/mol. The van der Waals surface area contributed by atoms with Gasteiger partial charge in [-0.25, -0.2) is 8.42 Å². The van der Waals surface area contributed by atoms with E-state index >= 15 is 0 Å². The SMILES string of the molecule is NCCCCCCCCCCCCc1ccc(S(=O)(=O)[O-])cc1.[Na+]. The molecule has 0 saturated heterocycles. The summed E-state index contributed by atoms with van der Waals surface area (Å²) in [5.74, 6) is 0. The molecule has 4 nitrogen and oxygen atoms in total. The number of hydrogen-bond acceptors (Lipinski definition) is 4. The van der Waals surface area contributed by atoms with Crippen LogP contribution in [0.3, 0.4) is 0 Å². The normalized spacial score (nSPS) is 11.2. The molecule has 0 aliphatic carbocycles. The van der Waals surface area contributed by atoms with Crippen LogP contribution in [0.2, 0.25) is 0 Å². The Bertz CT molecular complexity index is 518. The third kappa shape index (κ3) is 11.6. The van der Waals surface area contributed by atoms with Gasteiger partial charge in [0.2, 0.25) is 0 Å². The minimum Gasteiger partial charge on any atom is -0.744 e. The molecule has 0 radical (unpaired) electrons. The second-order valence-corrected chi connectivity index (χ2v) is 7.55. The number of unbranched alkanes of at least 4 members (excludes halogenated alkanes) is 9. The first-order chi connectivity index (χ1) is 11.0. The first kappa shape index (κ1) is 24.1. The molecule has 132 valence electrons. The maximum absolute atomic E-state index is 10.8. The molecule has 0 aliphatic heterocycles. The van der Waals surface area contributed by atoms with Gasteiger partial charge in [0.25, 0.3) is 0 Å². The van der Waals surface area contributed by atoms with Gasteiger partial charge in [0.05, 0.1) is 4.90 Å². The van der Waals surface area contributed by atoms with Gasteiger partial charge in [-0.1, -0.05) is 63.5 Å². The van der Waals surface area contributed by atoms with Gasteiger partial charge in [0.15, 0.2) is 0 Å². The van der Waals surface area contributed by atoms with E-state index in [1.165, 1.54) is 63.5 Å². The van der Waals surface area contributed by atoms with E-state index in [0.717, 1.165) is 31.4 Å². The smallest absolute Gasteiger partial charge is 0.744 e. The largest absolute Gasteiger partial charge is 1.00 e. The minimum atomic E-state index is -4.32. The average molecular weight is 363 g/mol. The summed E-state index contributed by atoms with van der Waals surface area (Å²) in [6.07, 6.45) is 13.5. The van der Waals surface area contributed by atoms with Gasteiger partial charge in [0, 0.05) is 0 Å². The fourth-order valence-corrected chi connectivity index (χ4v) is 3.18. The molecule has 24 heavy (non-hydrogen) atoms. The molecule has 0 unspecified atom stereocenters. The van der Waals surface area contributed by atoms with Gasteiger partial charge in [-0.3, -0.25) is 0 Å². The summed E-state index contributed by atoms with van der Waals surface area (Å²) in [6.45, 7) is 0.815. The first-order valence-electron chi connectivity index (χ1n) is 8.79. The molecule has 0 spiro atoms. The van der Waals surface area contributed by atoms with Crippen LogP contribution in [-0.4, -0.2) is 19.5 Å². The van der Waals surface area contributed by atoms with Crippen LogP contribution in [0.1, 0.15) is 69.8 Å². The van der Waals surface area contributed by atoms with E-state index in [0.29, 0.717) is 0 Å². The number of nitrogens with two attached hydrogens (primary N) is 1. The second kappa shape index (κ2) is 14.3. The molecule has 0 bridgehead atoms. The first-order valence-corrected chi connectivity index (χ1v) is 10.2. The Morgan fingerprint density at radius 3 is 1.58 bits per heavy atom. The average Bonchev–Trinajstić information content (AvgIpc) is 2.52. The van der Waals surface area contributed by atoms with Crippen LogP contribution < -0.4 is 35.3 Å². The molecule has 6 heteroatoms. The molecule has 1 rings (SSSR count). The molecule has 1 aromatic carbocycles. The summed E-state index contributed by atoms with van der Waals surface area (Å²) in [6, 6.07) is 6.29. The minimum absolute atomic E-state index is 0. The number of rotatable bonds is 13. The molecular formula is C18H30NNaO3S. The van der Waals surface area contributed by atoms with Crippen LogP contribution in [0.15, 0.2) is 29.2 Å². The van der Waals surface area contributed by atoms with Crippen LogP contribution >= 0.6 is 0 Å². The fraction of sp³-hybridized carbons (Fsp3) is 0.667. The van der Waals surface area contributed by atoms with Crippen LogP contribution in [0.5, 0.6) is 0 Å². The third-order valence-electron chi connectivity index (χ3n) is 4.13. The van der Waals surface area contributed by atoms with Crippen molar-refractivity contribution < 1.29 is 42.5 Å². The Morgan fingerprint density at radius 2 is 1.17 bits per heavy atom. The zero-order valence-corrected chi connectivity index (χ0v) is 17.8. The van der Waals surface area contributed by atoms with Gasteiger partial charge in [-0.05, 0) is 43.5 Å². The summed E-state index contributed by atoms with van der Waals surface area (Å²) >= 11 is 0. The molecule has 0 saturated carbocycles. The number of aryl methyl sites for hydroxylation is 1. The van der Waals surface area contributed by atoms with Gasteiger partial charge >= 0.3 is 29.6 Å². The second-order valence-electron chi connectivity index (χ2n) is 6.17. The van der Waals surface area contributed by atoms with Crippen LogP contribution in [-0.2, 0) is 16.5 Å². The predicted octanol–water partition coefficient (Wildman–Crippen LogP) is 0.997. The van der Waals surface area contributed by atoms with Gasteiger partial charge in [0.1, 0.15) is 10.1 Å². The van der Waals surface area contributed by atoms with Crippen molar-refractivity contribution in [1.82, 2.24) is 0 Å². The van der Waals surface area contributed by atoms with E-state index in [-0.39, 0.29) is 34.5 Å². The molecule has 2 N–H and O–H groups in total. The van der Waals surface area contributed by atoms with E-state index in [9.17, 15) is 13.0 Å². The Morgan fingerprint density at radius 1 is 0.750 bits per heavy atom. The van der Waals surface area contributed by atoms with Crippen molar-refractivity contribution in [2.45, 2.75) is 75.5 Å². The van der Waals surface area contributed by atoms with E-state index in [4.69, 9.17) is 5.73 Å². The van der Waals surface area contributed by atoms with Crippen molar-refractivity contribution in [2.24, 2.45) is 5.73 Å². The molecule has 0 heterocycles. The van der Waals surface area contributed by atoms with Crippen molar-refractivity contribution in [3.8, 4) is 0 Å². The van der Waals surface area contributed by atoms with E-state index < -0.39 is 10.1 Å². The number of benzene rings is 1. The van der Waals surface area contributed by atoms with Gasteiger partial charge in [-0.2, -0.15) is 0 Å². The quantitative estimate of drug-likeness (QED) is 0.322. The van der Waals surface area contributed by atoms with Crippen LogP contribution in [0, 0.1) is 0 Å². The maximum Gasteiger partial charge on any atom is 1.00 e. The third-order valence-corrected chi connectivity index (χ3v) is 4.98. The van der Waals surface area contributed by atoms with Gasteiger partial charge in [-0.15, -0.1) is 0 Å². The summed E-state index contributed by atoms with van der Waals surface area (Å²) < 4.78 is 32.5. The molecule has 0 aromatic heterocycles. The molecular weight excluding hydrogens is 333 g/mol. The van der Waals surface area contributed by atoms with Crippen LogP contribution in [0.25, 0.3) is 0 Å². The van der Waals surface area contributed by atoms with Crippen LogP contribution in [0.4, 0.5) is 0 Å². The topological polar surface area (TPSA) is 83.2 Å². The van der Waals surface area contributed by atoms with Gasteiger partial charge < -0.3 is 10.3 Å². The molecule has 1 aromatic rings. The maximum atomic E-state index is 10.8. The Kier molecular flexibility index (Phi) is 14.3. The van der Waals surface area contributed by atoms with Crippen molar-refractivity contribution in [3.63, 3.8) is 0 Å². The van der Waals surface area contributed by atoms with Crippen molar-refractivity contribution in [3.05, 3.63) is 29.8 Å². The zero-order chi connectivity index (χ0) is 17.0. The Labute approximate surface area is 169 Å². The molecule has 0 aliphatic rings. The fourth-order valence-electron chi connectivity index (χ4n) is 2.71. The van der Waals surface area contributed by atoms with E-state index in [2.05, 4.69) is 0 Å². The van der Waals surface area contributed by atoms with E-state index in [1.54, 1.807) is 12.1 Å². The van der Waals surface area contributed by atoms with Crippen molar-refractivity contribution >= 4 is 10.1 Å². The summed E-state index contributed by atoms with van der Waals surface area (Å²) in [7, 11) is -4.32. The Balaban J connectivity index is 0.00000529. The zero-order valence-electron chi connectivity index (χ0n) is 15.0. The monoisotopic (exact) mass is 363 g/mol. The molecule has 0 amide bonds. The molecule has 0 atom stereocenters. The number of hydrogen-bond donors (Lipinski definition) is 1. The van der Waals surface area contributed by atoms with E-state index in [1.807, 2.05) is 0 Å².